The molecular formula is C14H19N5S. The van der Waals surface area contributed by atoms with Crippen LogP contribution in [0.15, 0.2) is 30.6 Å². The van der Waals surface area contributed by atoms with Crippen LogP contribution in [0.5, 0.6) is 0 Å². The summed E-state index contributed by atoms with van der Waals surface area (Å²) in [6, 6.07) is 8.62. The van der Waals surface area contributed by atoms with Crippen LogP contribution < -0.4 is 10.6 Å². The topological polar surface area (TPSA) is 54.8 Å². The molecule has 106 valence electrons. The summed E-state index contributed by atoms with van der Waals surface area (Å²) in [4.78, 5) is 4.20. The largest absolute Gasteiger partial charge is 0.360 e. The summed E-state index contributed by atoms with van der Waals surface area (Å²) in [5, 5.41) is 10.9. The maximum absolute atomic E-state index is 5.16. The number of anilines is 1. The number of aryl methyl sites for hydroxylation is 1. The summed E-state index contributed by atoms with van der Waals surface area (Å²) in [7, 11) is 0. The highest BCUT2D eigenvalue weighted by molar-refractivity contribution is 7.80. The number of rotatable bonds is 4. The highest BCUT2D eigenvalue weighted by Crippen LogP contribution is 2.06. The van der Waals surface area contributed by atoms with Crippen molar-refractivity contribution in [2.24, 2.45) is 0 Å². The Balaban J connectivity index is 1.97. The van der Waals surface area contributed by atoms with Crippen molar-refractivity contribution in [2.45, 2.75) is 33.4 Å². The number of benzene rings is 1. The van der Waals surface area contributed by atoms with Crippen LogP contribution in [-0.4, -0.2) is 25.9 Å². The van der Waals surface area contributed by atoms with Gasteiger partial charge in [0.05, 0.1) is 6.54 Å². The van der Waals surface area contributed by atoms with Gasteiger partial charge >= 0.3 is 0 Å². The molecule has 0 radical (unpaired) electrons. The Labute approximate surface area is 124 Å². The standard InChI is InChI=1S/C14H19N5S/c1-10(2)16-14(20)17-13-15-9-19(18-13)8-12-6-4-5-11(3)7-12/h4-7,9-10H,8H2,1-3H3,(H2,16,17,18,20). The Hall–Kier alpha value is -1.95. The predicted molar refractivity (Wildman–Crippen MR) is 84.8 cm³/mol. The van der Waals surface area contributed by atoms with Crippen molar-refractivity contribution in [2.75, 3.05) is 5.32 Å². The highest BCUT2D eigenvalue weighted by atomic mass is 32.1. The first-order chi connectivity index (χ1) is 9.52. The van der Waals surface area contributed by atoms with Gasteiger partial charge in [0.2, 0.25) is 5.95 Å². The van der Waals surface area contributed by atoms with E-state index < -0.39 is 0 Å². The summed E-state index contributed by atoms with van der Waals surface area (Å²) in [5.41, 5.74) is 2.44. The molecule has 0 saturated carbocycles. The summed E-state index contributed by atoms with van der Waals surface area (Å²) in [6.45, 7) is 6.82. The minimum Gasteiger partial charge on any atom is -0.360 e. The van der Waals surface area contributed by atoms with E-state index in [1.807, 2.05) is 19.9 Å². The second-order valence-electron chi connectivity index (χ2n) is 5.01. The lowest BCUT2D eigenvalue weighted by Gasteiger charge is -2.10. The van der Waals surface area contributed by atoms with Crippen LogP contribution in [0.4, 0.5) is 5.95 Å². The van der Waals surface area contributed by atoms with E-state index in [2.05, 4.69) is 45.8 Å². The molecule has 5 nitrogen and oxygen atoms in total. The van der Waals surface area contributed by atoms with Gasteiger partial charge in [0.15, 0.2) is 5.11 Å². The number of nitrogens with one attached hydrogen (secondary N) is 2. The molecule has 0 unspecified atom stereocenters. The molecule has 1 aromatic carbocycles. The van der Waals surface area contributed by atoms with E-state index in [9.17, 15) is 0 Å². The Morgan fingerprint density at radius 2 is 2.20 bits per heavy atom. The molecule has 1 heterocycles. The van der Waals surface area contributed by atoms with Crippen LogP contribution in [0, 0.1) is 6.92 Å². The minimum absolute atomic E-state index is 0.282. The third-order valence-electron chi connectivity index (χ3n) is 2.61. The lowest BCUT2D eigenvalue weighted by molar-refractivity contribution is 0.686. The number of hydrogen-bond donors (Lipinski definition) is 2. The molecule has 2 N–H and O–H groups in total. The van der Waals surface area contributed by atoms with Gasteiger partial charge in [-0.25, -0.2) is 9.67 Å². The van der Waals surface area contributed by atoms with Crippen molar-refractivity contribution in [1.29, 1.82) is 0 Å². The third-order valence-corrected chi connectivity index (χ3v) is 2.83. The lowest BCUT2D eigenvalue weighted by Crippen LogP contribution is -2.34. The van der Waals surface area contributed by atoms with Crippen molar-refractivity contribution in [3.63, 3.8) is 0 Å². The van der Waals surface area contributed by atoms with Crippen LogP contribution in [0.1, 0.15) is 25.0 Å². The molecule has 0 amide bonds. The number of thiocarbonyl (C=S) groups is 1. The zero-order valence-electron chi connectivity index (χ0n) is 11.9. The quantitative estimate of drug-likeness (QED) is 0.846. The normalized spacial score (nSPS) is 10.6. The van der Waals surface area contributed by atoms with Crippen LogP contribution in [0.25, 0.3) is 0 Å². The van der Waals surface area contributed by atoms with Gasteiger partial charge in [-0.05, 0) is 38.6 Å². The van der Waals surface area contributed by atoms with E-state index in [1.54, 1.807) is 11.0 Å². The highest BCUT2D eigenvalue weighted by Gasteiger charge is 2.04. The summed E-state index contributed by atoms with van der Waals surface area (Å²) in [6.07, 6.45) is 1.70. The second-order valence-corrected chi connectivity index (χ2v) is 5.42. The van der Waals surface area contributed by atoms with E-state index in [1.165, 1.54) is 11.1 Å². The SMILES string of the molecule is Cc1cccc(Cn2cnc(NC(=S)NC(C)C)n2)c1. The average Bonchev–Trinajstić information content (AvgIpc) is 2.75. The van der Waals surface area contributed by atoms with Crippen LogP contribution >= 0.6 is 12.2 Å². The van der Waals surface area contributed by atoms with Gasteiger partial charge in [-0.15, -0.1) is 5.10 Å². The minimum atomic E-state index is 0.282. The van der Waals surface area contributed by atoms with Gasteiger partial charge in [-0.3, -0.25) is 5.32 Å². The summed E-state index contributed by atoms with van der Waals surface area (Å²) in [5.74, 6) is 0.510. The maximum atomic E-state index is 5.16. The first kappa shape index (κ1) is 14.5. The average molecular weight is 289 g/mol. The van der Waals surface area contributed by atoms with Crippen molar-refractivity contribution < 1.29 is 0 Å². The lowest BCUT2D eigenvalue weighted by atomic mass is 10.1. The van der Waals surface area contributed by atoms with Gasteiger partial charge in [0, 0.05) is 6.04 Å². The number of hydrogen-bond acceptors (Lipinski definition) is 3. The van der Waals surface area contributed by atoms with Gasteiger partial charge in [0.25, 0.3) is 0 Å². The Morgan fingerprint density at radius 3 is 2.90 bits per heavy atom. The van der Waals surface area contributed by atoms with Crippen molar-refractivity contribution in [1.82, 2.24) is 20.1 Å². The monoisotopic (exact) mass is 289 g/mol. The molecule has 20 heavy (non-hydrogen) atoms. The van der Waals surface area contributed by atoms with Crippen LogP contribution in [0.3, 0.4) is 0 Å². The van der Waals surface area contributed by atoms with Gasteiger partial charge in [0.1, 0.15) is 6.33 Å². The van der Waals surface area contributed by atoms with Gasteiger partial charge in [-0.1, -0.05) is 29.8 Å². The van der Waals surface area contributed by atoms with E-state index in [4.69, 9.17) is 12.2 Å². The zero-order chi connectivity index (χ0) is 14.5. The number of nitrogens with zero attached hydrogens (tertiary/aromatic N) is 3. The zero-order valence-corrected chi connectivity index (χ0v) is 12.7. The second kappa shape index (κ2) is 6.47. The van der Waals surface area contributed by atoms with Crippen molar-refractivity contribution >= 4 is 23.3 Å². The molecule has 2 rings (SSSR count). The van der Waals surface area contributed by atoms with E-state index >= 15 is 0 Å². The van der Waals surface area contributed by atoms with Crippen LogP contribution in [0.2, 0.25) is 0 Å². The first-order valence-corrected chi connectivity index (χ1v) is 6.96. The molecular weight excluding hydrogens is 270 g/mol. The fraction of sp³-hybridized carbons (Fsp3) is 0.357. The fourth-order valence-electron chi connectivity index (χ4n) is 1.83. The van der Waals surface area contributed by atoms with Crippen LogP contribution in [-0.2, 0) is 6.54 Å². The molecule has 0 fully saturated rings. The van der Waals surface area contributed by atoms with E-state index in [0.29, 0.717) is 17.6 Å². The first-order valence-electron chi connectivity index (χ1n) is 6.55. The predicted octanol–water partition coefficient (Wildman–Crippen LogP) is 2.33. The molecule has 0 aliphatic heterocycles. The molecule has 1 aromatic heterocycles. The molecule has 0 bridgehead atoms. The third kappa shape index (κ3) is 4.31. The Morgan fingerprint density at radius 1 is 1.40 bits per heavy atom. The molecule has 0 saturated heterocycles. The number of aromatic nitrogens is 3. The van der Waals surface area contributed by atoms with Crippen molar-refractivity contribution in [3.8, 4) is 0 Å². The van der Waals surface area contributed by atoms with E-state index in [-0.39, 0.29) is 6.04 Å². The van der Waals surface area contributed by atoms with Gasteiger partial charge < -0.3 is 5.32 Å². The smallest absolute Gasteiger partial charge is 0.248 e. The fourth-order valence-corrected chi connectivity index (χ4v) is 2.15. The summed E-state index contributed by atoms with van der Waals surface area (Å²) >= 11 is 5.16. The van der Waals surface area contributed by atoms with Gasteiger partial charge in [-0.2, -0.15) is 0 Å². The Bertz CT molecular complexity index is 591. The maximum Gasteiger partial charge on any atom is 0.248 e. The molecule has 0 spiro atoms. The summed E-state index contributed by atoms with van der Waals surface area (Å²) < 4.78 is 1.79. The molecule has 0 aliphatic rings. The van der Waals surface area contributed by atoms with Crippen molar-refractivity contribution in [3.05, 3.63) is 41.7 Å². The molecule has 0 atom stereocenters. The Kier molecular flexibility index (Phi) is 4.68. The molecule has 2 aromatic rings. The van der Waals surface area contributed by atoms with E-state index in [0.717, 1.165) is 0 Å². The molecule has 0 aliphatic carbocycles. The molecule has 6 heteroatoms.